The number of fused-ring (bicyclic) bond motifs is 1. The second-order valence-corrected chi connectivity index (χ2v) is 11.9. The fraction of sp³-hybridized carbons (Fsp3) is 0.333. The van der Waals surface area contributed by atoms with Crippen molar-refractivity contribution in [2.24, 2.45) is 5.16 Å². The predicted molar refractivity (Wildman–Crippen MR) is 147 cm³/mol. The lowest BCUT2D eigenvalue weighted by molar-refractivity contribution is -0.696. The molecule has 4 rings (SSSR count). The summed E-state index contributed by atoms with van der Waals surface area (Å²) in [5.41, 5.74) is 5.49. The minimum atomic E-state index is -1.47. The molecule has 1 saturated heterocycles. The summed E-state index contributed by atoms with van der Waals surface area (Å²) in [5.74, 6) is -1.97. The van der Waals surface area contributed by atoms with E-state index >= 15 is 0 Å². The number of β-lactam (4-membered cyclic amide) rings is 1. The molecule has 4 heterocycles. The average molecular weight is 590 g/mol. The van der Waals surface area contributed by atoms with Crippen molar-refractivity contribution >= 4 is 63.5 Å². The van der Waals surface area contributed by atoms with Crippen LogP contribution in [0.5, 0.6) is 0 Å². The lowest BCUT2D eigenvalue weighted by Gasteiger charge is -2.50. The van der Waals surface area contributed by atoms with Crippen LogP contribution in [0.25, 0.3) is 0 Å². The number of rotatable bonds is 11. The lowest BCUT2D eigenvalue weighted by Crippen LogP contribution is -2.71. The smallest absolute Gasteiger partial charge is 0.276 e. The highest BCUT2D eigenvalue weighted by atomic mass is 32.2. The van der Waals surface area contributed by atoms with Gasteiger partial charge in [-0.05, 0) is 19.7 Å². The first-order valence-electron chi connectivity index (χ1n) is 11.8. The standard InChI is InChI=1S/C24H27N7O5S3/c1-29(2)9-10-30-7-5-15(6-8-30)37-11-3-4-14-12-38-22-18(21(33)31(22)19(14)23(34)35)27-20(32)17(28-36)16-13-39-24(25)26-16/h3-8,13,18,22H,9-12H2,1-2H3,(H4-,25,26,27,32,34,35,36)/b4-3+/t18-,22-/m1/s1. The van der Waals surface area contributed by atoms with Crippen LogP contribution in [-0.4, -0.2) is 87.0 Å². The number of pyridine rings is 1. The van der Waals surface area contributed by atoms with E-state index in [9.17, 15) is 24.7 Å². The number of aromatic nitrogens is 2. The van der Waals surface area contributed by atoms with Gasteiger partial charge in [0.05, 0.1) is 18.2 Å². The summed E-state index contributed by atoms with van der Waals surface area (Å²) in [5, 5.41) is 27.7. The Balaban J connectivity index is 1.37. The number of thioether (sulfide) groups is 2. The Morgan fingerprint density at radius 3 is 2.77 bits per heavy atom. The number of nitrogen functional groups attached to an aromatic ring is 1. The number of nitrogens with zero attached hydrogens (tertiary/aromatic N) is 5. The Morgan fingerprint density at radius 2 is 2.15 bits per heavy atom. The summed E-state index contributed by atoms with van der Waals surface area (Å²) in [6, 6.07) is 3.07. The highest BCUT2D eigenvalue weighted by molar-refractivity contribution is 8.00. The molecule has 12 nitrogen and oxygen atoms in total. The molecular weight excluding hydrogens is 563 g/mol. The van der Waals surface area contributed by atoms with Crippen molar-refractivity contribution in [1.29, 1.82) is 0 Å². The summed E-state index contributed by atoms with van der Waals surface area (Å²) in [6.07, 6.45) is 7.60. The fourth-order valence-corrected chi connectivity index (χ4v) is 6.48. The van der Waals surface area contributed by atoms with Crippen LogP contribution in [-0.2, 0) is 20.9 Å². The number of nitrogens with two attached hydrogens (primary N) is 1. The van der Waals surface area contributed by atoms with Gasteiger partial charge in [-0.15, -0.1) is 34.9 Å². The first-order valence-corrected chi connectivity index (χ1v) is 14.7. The lowest BCUT2D eigenvalue weighted by atomic mass is 10.0. The van der Waals surface area contributed by atoms with Crippen molar-refractivity contribution in [3.05, 3.63) is 59.0 Å². The van der Waals surface area contributed by atoms with Crippen molar-refractivity contribution in [2.45, 2.75) is 22.9 Å². The summed E-state index contributed by atoms with van der Waals surface area (Å²) in [4.78, 5) is 45.7. The maximum Gasteiger partial charge on any atom is 0.276 e. The van der Waals surface area contributed by atoms with E-state index in [1.807, 2.05) is 44.7 Å². The van der Waals surface area contributed by atoms with Gasteiger partial charge >= 0.3 is 0 Å². The van der Waals surface area contributed by atoms with Crippen LogP contribution in [0.1, 0.15) is 5.69 Å². The van der Waals surface area contributed by atoms with Crippen LogP contribution in [0, 0.1) is 0 Å². The van der Waals surface area contributed by atoms with Crippen molar-refractivity contribution < 1.29 is 29.3 Å². The molecule has 2 atom stereocenters. The van der Waals surface area contributed by atoms with Crippen LogP contribution in [0.15, 0.2) is 63.4 Å². The molecule has 0 spiro atoms. The second kappa shape index (κ2) is 12.6. The van der Waals surface area contributed by atoms with Gasteiger partial charge in [0.2, 0.25) is 0 Å². The Morgan fingerprint density at radius 1 is 1.41 bits per heavy atom. The van der Waals surface area contributed by atoms with E-state index in [1.54, 1.807) is 17.8 Å². The topological polar surface area (TPSA) is 168 Å². The molecule has 4 N–H and O–H groups in total. The zero-order valence-corrected chi connectivity index (χ0v) is 23.6. The molecule has 2 aliphatic heterocycles. The van der Waals surface area contributed by atoms with Gasteiger partial charge < -0.3 is 31.1 Å². The third-order valence-electron chi connectivity index (χ3n) is 5.89. The van der Waals surface area contributed by atoms with E-state index in [0.717, 1.165) is 34.2 Å². The van der Waals surface area contributed by atoms with Crippen molar-refractivity contribution in [1.82, 2.24) is 20.1 Å². The third kappa shape index (κ3) is 6.61. The summed E-state index contributed by atoms with van der Waals surface area (Å²) < 4.78 is 2.11. The van der Waals surface area contributed by atoms with E-state index in [2.05, 4.69) is 24.9 Å². The third-order valence-corrected chi connectivity index (χ3v) is 8.83. The molecule has 2 aliphatic rings. The van der Waals surface area contributed by atoms with E-state index in [0.29, 0.717) is 17.1 Å². The van der Waals surface area contributed by atoms with Crippen LogP contribution in [0.3, 0.4) is 0 Å². The van der Waals surface area contributed by atoms with E-state index in [4.69, 9.17) is 5.73 Å². The quantitative estimate of drug-likeness (QED) is 0.0776. The number of allylic oxidation sites excluding steroid dienone is 1. The van der Waals surface area contributed by atoms with E-state index < -0.39 is 34.9 Å². The van der Waals surface area contributed by atoms with Crippen LogP contribution >= 0.6 is 34.9 Å². The number of amides is 2. The van der Waals surface area contributed by atoms with Crippen LogP contribution in [0.4, 0.5) is 5.13 Å². The molecule has 15 heteroatoms. The van der Waals surface area contributed by atoms with Gasteiger partial charge in [-0.1, -0.05) is 17.3 Å². The van der Waals surface area contributed by atoms with Gasteiger partial charge in [-0.2, -0.15) is 0 Å². The molecule has 2 aromatic heterocycles. The van der Waals surface area contributed by atoms with Gasteiger partial charge in [0, 0.05) is 33.9 Å². The van der Waals surface area contributed by atoms with Crippen LogP contribution < -0.4 is 20.7 Å². The number of likely N-dealkylation sites (N-methyl/N-ethyl adjacent to an activating group) is 1. The monoisotopic (exact) mass is 589 g/mol. The summed E-state index contributed by atoms with van der Waals surface area (Å²) in [7, 11) is 4.06. The Labute approximate surface area is 237 Å². The molecule has 206 valence electrons. The normalized spacial score (nSPS) is 19.4. The minimum Gasteiger partial charge on any atom is -0.543 e. The number of anilines is 1. The number of carboxylic acid groups (broad SMARTS) is 1. The van der Waals surface area contributed by atoms with Crippen LogP contribution in [0.2, 0.25) is 0 Å². The molecule has 0 unspecified atom stereocenters. The Hall–Kier alpha value is -3.40. The van der Waals surface area contributed by atoms with Gasteiger partial charge in [-0.3, -0.25) is 14.5 Å². The number of carboxylic acids is 1. The number of hydrogen-bond donors (Lipinski definition) is 3. The van der Waals surface area contributed by atoms with Gasteiger partial charge in [-0.25, -0.2) is 9.55 Å². The Bertz CT molecular complexity index is 1340. The highest BCUT2D eigenvalue weighted by Crippen LogP contribution is 2.40. The molecule has 0 radical (unpaired) electrons. The number of aliphatic carboxylic acids is 1. The number of hydrogen-bond acceptors (Lipinski definition) is 12. The number of carbonyl (C=O) groups is 3. The first-order chi connectivity index (χ1) is 18.7. The fourth-order valence-electron chi connectivity index (χ4n) is 3.92. The molecular formula is C24H27N7O5S3. The molecule has 0 saturated carbocycles. The second-order valence-electron chi connectivity index (χ2n) is 8.83. The number of oxime groups is 1. The number of thiazole rings is 1. The molecule has 2 aromatic rings. The maximum atomic E-state index is 12.9. The van der Waals surface area contributed by atoms with Crippen molar-refractivity contribution in [3.63, 3.8) is 0 Å². The van der Waals surface area contributed by atoms with Crippen molar-refractivity contribution in [2.75, 3.05) is 37.9 Å². The average Bonchev–Trinajstić information content (AvgIpc) is 3.34. The largest absolute Gasteiger partial charge is 0.543 e. The predicted octanol–water partition coefficient (Wildman–Crippen LogP) is -0.495. The molecule has 39 heavy (non-hydrogen) atoms. The molecule has 0 bridgehead atoms. The summed E-state index contributed by atoms with van der Waals surface area (Å²) in [6.45, 7) is 1.84. The maximum absolute atomic E-state index is 12.9. The first kappa shape index (κ1) is 28.6. The van der Waals surface area contributed by atoms with Crippen molar-refractivity contribution in [3.8, 4) is 0 Å². The molecule has 0 aromatic carbocycles. The minimum absolute atomic E-state index is 0.0667. The van der Waals surface area contributed by atoms with E-state index in [1.165, 1.54) is 17.1 Å². The van der Waals surface area contributed by atoms with Gasteiger partial charge in [0.1, 0.15) is 17.1 Å². The SMILES string of the molecule is CN(C)CC[n+]1ccc(SC/C=C/C2=C(C(=O)[O-])N3C(=O)[C@@H](NC(=O)/C(=N\O)c4csc(N)n4)[C@H]3SC2)cc1. The molecule has 2 amide bonds. The van der Waals surface area contributed by atoms with E-state index in [-0.39, 0.29) is 16.5 Å². The number of carbonyl (C=O) groups excluding carboxylic acids is 3. The Kier molecular flexibility index (Phi) is 9.27. The highest BCUT2D eigenvalue weighted by Gasteiger charge is 2.53. The zero-order chi connectivity index (χ0) is 28.1. The van der Waals surface area contributed by atoms with Gasteiger partial charge in [0.25, 0.3) is 11.8 Å². The summed E-state index contributed by atoms with van der Waals surface area (Å²) >= 11 is 3.99. The van der Waals surface area contributed by atoms with Gasteiger partial charge in [0.15, 0.2) is 29.8 Å². The molecule has 0 aliphatic carbocycles. The number of nitrogens with one attached hydrogen (secondary N) is 1. The zero-order valence-electron chi connectivity index (χ0n) is 21.1. The molecule has 1 fully saturated rings.